The van der Waals surface area contributed by atoms with E-state index < -0.39 is 38.9 Å². The third-order valence-corrected chi connectivity index (χ3v) is 2.73. The van der Waals surface area contributed by atoms with E-state index in [0.29, 0.717) is 32.0 Å². The van der Waals surface area contributed by atoms with Crippen molar-refractivity contribution >= 4 is 11.1 Å². The number of hydrogen-bond acceptors (Lipinski definition) is 2. The molecule has 1 atom stereocenters. The van der Waals surface area contributed by atoms with Gasteiger partial charge in [-0.2, -0.15) is 0 Å². The summed E-state index contributed by atoms with van der Waals surface area (Å²) in [5.41, 5.74) is -1.51. The average molecular weight is 269 g/mol. The number of halogens is 4. The minimum atomic E-state index is -3.38. The van der Waals surface area contributed by atoms with Crippen LogP contribution in [-0.4, -0.2) is 8.76 Å². The molecule has 0 aliphatic heterocycles. The van der Waals surface area contributed by atoms with Crippen LogP contribution in [-0.2, 0) is 22.9 Å². The van der Waals surface area contributed by atoms with E-state index in [9.17, 15) is 26.3 Å². The summed E-state index contributed by atoms with van der Waals surface area (Å²) in [6.07, 6.45) is 0. The molecule has 0 fully saturated rings. The highest BCUT2D eigenvalue weighted by molar-refractivity contribution is 7.79. The van der Waals surface area contributed by atoms with Gasteiger partial charge in [0.1, 0.15) is 0 Å². The highest BCUT2D eigenvalue weighted by Gasteiger charge is 2.30. The maximum absolute atomic E-state index is 13.0. The third-order valence-electron chi connectivity index (χ3n) is 2.11. The molecular weight excluding hydrogens is 260 g/mol. The number of alkyl halides is 4. The molecule has 0 radical (unpaired) electrons. The maximum atomic E-state index is 13.0. The van der Waals surface area contributed by atoms with Crippen LogP contribution in [0.5, 0.6) is 0 Å². The lowest BCUT2D eigenvalue weighted by molar-refractivity contribution is 0.0101. The average Bonchev–Trinajstić information content (AvgIpc) is 2.14. The fourth-order valence-corrected chi connectivity index (χ4v) is 1.65. The summed E-state index contributed by atoms with van der Waals surface area (Å²) in [6.45, 7) is 1.02. The van der Waals surface area contributed by atoms with E-state index in [4.69, 9.17) is 0 Å². The molecule has 0 saturated carbocycles. The molecule has 7 heteroatoms. The van der Waals surface area contributed by atoms with Crippen molar-refractivity contribution in [3.63, 3.8) is 0 Å². The number of hydrogen-bond donors (Lipinski definition) is 0. The third kappa shape index (κ3) is 3.50. The van der Waals surface area contributed by atoms with Gasteiger partial charge >= 0.3 is 0 Å². The summed E-state index contributed by atoms with van der Waals surface area (Å²) >= 11 is -2.84. The zero-order chi connectivity index (χ0) is 13.4. The molecule has 1 aromatic carbocycles. The Labute approximate surface area is 97.9 Å². The Bertz CT molecular complexity index is 416. The summed E-state index contributed by atoms with van der Waals surface area (Å²) in [7, 11) is 0. The predicted molar refractivity (Wildman–Crippen MR) is 52.8 cm³/mol. The number of benzene rings is 1. The number of rotatable bonds is 3. The molecule has 1 rings (SSSR count). The Morgan fingerprint density at radius 1 is 1.00 bits per heavy atom. The van der Waals surface area contributed by atoms with Crippen molar-refractivity contribution in [3.8, 4) is 0 Å². The van der Waals surface area contributed by atoms with Crippen LogP contribution in [0.2, 0.25) is 0 Å². The smallest absolute Gasteiger partial charge is 0.270 e. The van der Waals surface area contributed by atoms with Gasteiger partial charge in [0.25, 0.3) is 11.8 Å². The monoisotopic (exact) mass is 269 g/mol. The van der Waals surface area contributed by atoms with Gasteiger partial charge in [0.2, 0.25) is 0 Å². The van der Waals surface area contributed by atoms with Gasteiger partial charge in [-0.15, -0.1) is 0 Å². The van der Waals surface area contributed by atoms with Crippen LogP contribution in [0.25, 0.3) is 0 Å². The lowest BCUT2D eigenvalue weighted by Crippen LogP contribution is -2.13. The molecule has 0 spiro atoms. The van der Waals surface area contributed by atoms with E-state index in [1.54, 1.807) is 0 Å². The normalized spacial score (nSPS) is 14.8. The first-order chi connectivity index (χ1) is 7.51. The second-order valence-electron chi connectivity index (χ2n) is 3.76. The molecule has 0 aliphatic carbocycles. The quantitative estimate of drug-likeness (QED) is 0.624. The van der Waals surface area contributed by atoms with Crippen LogP contribution in [0, 0.1) is 0 Å². The van der Waals surface area contributed by atoms with Gasteiger partial charge in [-0.1, -0.05) is 0 Å². The van der Waals surface area contributed by atoms with Crippen LogP contribution in [0.4, 0.5) is 17.6 Å². The van der Waals surface area contributed by atoms with Crippen molar-refractivity contribution in [1.29, 1.82) is 0 Å². The molecule has 0 saturated heterocycles. The second kappa shape index (κ2) is 4.38. The summed E-state index contributed by atoms with van der Waals surface area (Å²) in [6, 6.07) is 1.97. The summed E-state index contributed by atoms with van der Waals surface area (Å²) < 4.78 is 73.4. The topological polar surface area (TPSA) is 40.1 Å². The van der Waals surface area contributed by atoms with E-state index in [1.165, 1.54) is 0 Å². The van der Waals surface area contributed by atoms with Gasteiger partial charge in [-0.25, -0.2) is 17.6 Å². The van der Waals surface area contributed by atoms with Gasteiger partial charge < -0.3 is 4.55 Å². The van der Waals surface area contributed by atoms with Crippen LogP contribution in [0.1, 0.15) is 25.0 Å². The first-order valence-corrected chi connectivity index (χ1v) is 5.60. The van der Waals surface area contributed by atoms with E-state index in [1.807, 2.05) is 0 Å². The Morgan fingerprint density at radius 2 is 1.35 bits per heavy atom. The van der Waals surface area contributed by atoms with Crippen LogP contribution in [0.15, 0.2) is 23.1 Å². The van der Waals surface area contributed by atoms with Crippen molar-refractivity contribution in [2.24, 2.45) is 0 Å². The minimum Gasteiger partial charge on any atom is -0.768 e. The Kier molecular flexibility index (Phi) is 3.63. The van der Waals surface area contributed by atoms with Crippen molar-refractivity contribution in [1.82, 2.24) is 0 Å². The molecule has 1 aromatic rings. The highest BCUT2D eigenvalue weighted by atomic mass is 32.2. The zero-order valence-electron chi connectivity index (χ0n) is 8.97. The van der Waals surface area contributed by atoms with E-state index in [2.05, 4.69) is 0 Å². The standard InChI is InChI=1S/C10H10F4O2S/c1-9(11,12)6-3-7(10(2,13)14)5-8(4-6)17(15)16/h3-5H,1-2H3,(H,15,16)/p-1. The summed E-state index contributed by atoms with van der Waals surface area (Å²) in [5.74, 6) is -6.76. The molecule has 0 heterocycles. The molecule has 0 aliphatic rings. The molecule has 0 N–H and O–H groups in total. The summed E-state index contributed by atoms with van der Waals surface area (Å²) in [4.78, 5) is -0.583. The van der Waals surface area contributed by atoms with E-state index in [-0.39, 0.29) is 0 Å². The Morgan fingerprint density at radius 3 is 1.59 bits per heavy atom. The van der Waals surface area contributed by atoms with E-state index in [0.717, 1.165) is 0 Å². The van der Waals surface area contributed by atoms with Crippen LogP contribution >= 0.6 is 0 Å². The highest BCUT2D eigenvalue weighted by Crippen LogP contribution is 2.34. The molecule has 0 bridgehead atoms. The molecule has 96 valence electrons. The van der Waals surface area contributed by atoms with Gasteiger partial charge in [-0.3, -0.25) is 4.21 Å². The largest absolute Gasteiger partial charge is 0.768 e. The predicted octanol–water partition coefficient (Wildman–Crippen LogP) is 3.15. The van der Waals surface area contributed by atoms with Gasteiger partial charge in [0.15, 0.2) is 0 Å². The summed E-state index contributed by atoms with van der Waals surface area (Å²) in [5, 5.41) is 0. The van der Waals surface area contributed by atoms with Gasteiger partial charge in [0, 0.05) is 29.9 Å². The Balaban J connectivity index is 3.45. The fraction of sp³-hybridized carbons (Fsp3) is 0.400. The van der Waals surface area contributed by atoms with Crippen LogP contribution in [0.3, 0.4) is 0 Å². The second-order valence-corrected chi connectivity index (χ2v) is 4.70. The molecule has 2 nitrogen and oxygen atoms in total. The maximum Gasteiger partial charge on any atom is 0.270 e. The Hall–Kier alpha value is -0.950. The fourth-order valence-electron chi connectivity index (χ4n) is 1.20. The van der Waals surface area contributed by atoms with Crippen LogP contribution < -0.4 is 0 Å². The van der Waals surface area contributed by atoms with Crippen molar-refractivity contribution in [3.05, 3.63) is 29.3 Å². The van der Waals surface area contributed by atoms with Crippen molar-refractivity contribution in [2.45, 2.75) is 30.6 Å². The van der Waals surface area contributed by atoms with E-state index >= 15 is 0 Å². The zero-order valence-corrected chi connectivity index (χ0v) is 9.79. The van der Waals surface area contributed by atoms with Gasteiger partial charge in [0.05, 0.1) is 0 Å². The first-order valence-electron chi connectivity index (χ1n) is 4.53. The molecular formula is C10H9F4O2S-. The first kappa shape index (κ1) is 14.1. The SMILES string of the molecule is CC(F)(F)c1cc(S(=O)[O-])cc(C(C)(F)F)c1. The van der Waals surface area contributed by atoms with Gasteiger partial charge in [-0.05, 0) is 29.3 Å². The molecule has 0 amide bonds. The van der Waals surface area contributed by atoms with Crippen molar-refractivity contribution < 1.29 is 26.3 Å². The van der Waals surface area contributed by atoms with Crippen molar-refractivity contribution in [2.75, 3.05) is 0 Å². The lowest BCUT2D eigenvalue weighted by atomic mass is 10.0. The minimum absolute atomic E-state index is 0.511. The lowest BCUT2D eigenvalue weighted by Gasteiger charge is -2.18. The molecule has 17 heavy (non-hydrogen) atoms. The molecule has 0 aromatic heterocycles. The molecule has 1 unspecified atom stereocenters.